The summed E-state index contributed by atoms with van der Waals surface area (Å²) in [6.07, 6.45) is 1.28. The van der Waals surface area contributed by atoms with Gasteiger partial charge in [-0.1, -0.05) is 6.07 Å². The number of nitrogens with one attached hydrogen (secondary N) is 2. The average Bonchev–Trinajstić information content (AvgIpc) is 2.99. The third kappa shape index (κ3) is 3.04. The summed E-state index contributed by atoms with van der Waals surface area (Å²) in [5.74, 6) is 0.308. The van der Waals surface area contributed by atoms with Gasteiger partial charge >= 0.3 is 12.1 Å². The van der Waals surface area contributed by atoms with Crippen molar-refractivity contribution in [1.82, 2.24) is 15.5 Å². The normalized spacial score (nSPS) is 34.8. The van der Waals surface area contributed by atoms with Crippen molar-refractivity contribution < 1.29 is 29.0 Å². The zero-order valence-corrected chi connectivity index (χ0v) is 19.5. The van der Waals surface area contributed by atoms with Gasteiger partial charge in [-0.25, -0.2) is 9.59 Å². The van der Waals surface area contributed by atoms with Crippen LogP contribution in [0.5, 0.6) is 5.75 Å². The van der Waals surface area contributed by atoms with Crippen LogP contribution >= 0.6 is 0 Å². The van der Waals surface area contributed by atoms with E-state index in [0.717, 1.165) is 11.1 Å². The van der Waals surface area contributed by atoms with Crippen molar-refractivity contribution in [3.63, 3.8) is 0 Å². The monoisotopic (exact) mass is 457 g/mol. The molecule has 2 saturated heterocycles. The molecule has 3 fully saturated rings. The van der Waals surface area contributed by atoms with Crippen molar-refractivity contribution in [3.8, 4) is 5.75 Å². The fourth-order valence-electron chi connectivity index (χ4n) is 6.54. The Morgan fingerprint density at radius 2 is 1.97 bits per heavy atom. The number of methoxy groups -OCH3 is 1. The predicted molar refractivity (Wildman–Crippen MR) is 118 cm³/mol. The summed E-state index contributed by atoms with van der Waals surface area (Å²) in [5, 5.41) is 17.6. The van der Waals surface area contributed by atoms with Crippen LogP contribution in [0, 0.1) is 0 Å². The van der Waals surface area contributed by atoms with E-state index in [4.69, 9.17) is 9.47 Å². The third-order valence-electron chi connectivity index (χ3n) is 7.96. The summed E-state index contributed by atoms with van der Waals surface area (Å²) >= 11 is 0. The van der Waals surface area contributed by atoms with Crippen LogP contribution in [0.4, 0.5) is 9.59 Å². The third-order valence-corrected chi connectivity index (χ3v) is 7.96. The molecule has 0 radical (unpaired) electrons. The highest BCUT2D eigenvalue weighted by molar-refractivity contribution is 6.07. The topological polar surface area (TPSA) is 117 Å². The van der Waals surface area contributed by atoms with E-state index >= 15 is 0 Å². The van der Waals surface area contributed by atoms with Gasteiger partial charge in [-0.05, 0) is 76.1 Å². The number of likely N-dealkylation sites (tertiary alicyclic amines) is 1. The number of benzene rings is 1. The van der Waals surface area contributed by atoms with Crippen LogP contribution in [0.1, 0.15) is 57.6 Å². The molecule has 33 heavy (non-hydrogen) atoms. The van der Waals surface area contributed by atoms with E-state index in [-0.39, 0.29) is 18.7 Å². The second-order valence-corrected chi connectivity index (χ2v) is 10.8. The van der Waals surface area contributed by atoms with E-state index < -0.39 is 40.3 Å². The number of fused-ring (bicyclic) bond motifs is 1. The zero-order chi connectivity index (χ0) is 23.8. The quantitative estimate of drug-likeness (QED) is 0.556. The molecule has 0 aromatic heterocycles. The molecule has 4 unspecified atom stereocenters. The van der Waals surface area contributed by atoms with E-state index in [0.29, 0.717) is 31.6 Å². The molecule has 4 atom stereocenters. The Bertz CT molecular complexity index is 1050. The van der Waals surface area contributed by atoms with Gasteiger partial charge in [-0.3, -0.25) is 10.1 Å². The molecule has 9 nitrogen and oxygen atoms in total. The molecule has 3 N–H and O–H groups in total. The Morgan fingerprint density at radius 1 is 1.21 bits per heavy atom. The number of piperidine rings is 1. The number of urea groups is 1. The summed E-state index contributed by atoms with van der Waals surface area (Å²) < 4.78 is 11.2. The summed E-state index contributed by atoms with van der Waals surface area (Å²) in [6, 6.07) is 4.77. The maximum atomic E-state index is 13.1. The summed E-state index contributed by atoms with van der Waals surface area (Å²) in [5.41, 5.74) is -1.92. The van der Waals surface area contributed by atoms with Gasteiger partial charge in [0.2, 0.25) is 0 Å². The van der Waals surface area contributed by atoms with E-state index in [1.807, 2.05) is 39.0 Å². The SMILES string of the molecule is COc1ccc2c(c1)C13CCN(C(=O)OC(C)(C)C)C(C2)C1(O)CCC1(C3)NC(=O)NC1=O. The van der Waals surface area contributed by atoms with Gasteiger partial charge in [0.05, 0.1) is 18.8 Å². The zero-order valence-electron chi connectivity index (χ0n) is 19.5. The maximum Gasteiger partial charge on any atom is 0.410 e. The molecular formula is C24H31N3O6. The van der Waals surface area contributed by atoms with Gasteiger partial charge in [0.15, 0.2) is 0 Å². The molecule has 1 aromatic rings. The van der Waals surface area contributed by atoms with E-state index in [1.54, 1.807) is 12.0 Å². The lowest BCUT2D eigenvalue weighted by Gasteiger charge is -2.65. The number of amides is 4. The predicted octanol–water partition coefficient (Wildman–Crippen LogP) is 1.99. The summed E-state index contributed by atoms with van der Waals surface area (Å²) in [6.45, 7) is 5.84. The lowest BCUT2D eigenvalue weighted by molar-refractivity contribution is -0.176. The van der Waals surface area contributed by atoms with Gasteiger partial charge in [-0.2, -0.15) is 0 Å². The first-order chi connectivity index (χ1) is 15.4. The Labute approximate surface area is 192 Å². The number of hydrogen-bond acceptors (Lipinski definition) is 6. The number of carbonyl (C=O) groups is 3. The smallest absolute Gasteiger partial charge is 0.410 e. The average molecular weight is 458 g/mol. The van der Waals surface area contributed by atoms with Crippen LogP contribution in [0.25, 0.3) is 0 Å². The highest BCUT2D eigenvalue weighted by atomic mass is 16.6. The van der Waals surface area contributed by atoms with Gasteiger partial charge in [0.25, 0.3) is 5.91 Å². The first-order valence-electron chi connectivity index (χ1n) is 11.5. The van der Waals surface area contributed by atoms with Crippen molar-refractivity contribution in [2.75, 3.05) is 13.7 Å². The number of ether oxygens (including phenoxy) is 2. The number of rotatable bonds is 1. The maximum absolute atomic E-state index is 13.1. The Balaban J connectivity index is 1.63. The van der Waals surface area contributed by atoms with Crippen LogP contribution in [-0.2, 0) is 21.4 Å². The first-order valence-corrected chi connectivity index (χ1v) is 11.5. The number of carbonyl (C=O) groups excluding carboxylic acids is 3. The van der Waals surface area contributed by atoms with Crippen LogP contribution in [0.3, 0.4) is 0 Å². The molecule has 2 bridgehead atoms. The van der Waals surface area contributed by atoms with Crippen molar-refractivity contribution in [2.45, 2.75) is 81.1 Å². The lowest BCUT2D eigenvalue weighted by atomic mass is 9.46. The van der Waals surface area contributed by atoms with Crippen LogP contribution in [0.15, 0.2) is 18.2 Å². The summed E-state index contributed by atoms with van der Waals surface area (Å²) in [7, 11) is 1.59. The van der Waals surface area contributed by atoms with Gasteiger partial charge in [-0.15, -0.1) is 0 Å². The molecule has 2 heterocycles. The minimum absolute atomic E-state index is 0.257. The van der Waals surface area contributed by atoms with Gasteiger partial charge in [0.1, 0.15) is 16.9 Å². The van der Waals surface area contributed by atoms with Crippen molar-refractivity contribution >= 4 is 18.0 Å². The second-order valence-electron chi connectivity index (χ2n) is 10.8. The molecule has 1 aromatic carbocycles. The number of imide groups is 1. The fourth-order valence-corrected chi connectivity index (χ4v) is 6.54. The standard InChI is InChI=1S/C24H31N3O6/c1-21(2,3)33-20(30)27-10-9-22-13-23(18(28)25-19(29)26-23)7-8-24(22,31)17(27)11-14-5-6-15(32-4)12-16(14)22/h5-6,12,17,31H,7-11,13H2,1-4H3,(H2,25,26,28,29). The molecule has 2 aliphatic carbocycles. The highest BCUT2D eigenvalue weighted by Crippen LogP contribution is 2.60. The molecule has 5 rings (SSSR count). The Hall–Kier alpha value is -2.81. The number of nitrogens with zero attached hydrogens (tertiary/aromatic N) is 1. The van der Waals surface area contributed by atoms with Crippen molar-refractivity contribution in [3.05, 3.63) is 29.3 Å². The summed E-state index contributed by atoms with van der Waals surface area (Å²) in [4.78, 5) is 39.7. The number of hydrogen-bond donors (Lipinski definition) is 3. The van der Waals surface area contributed by atoms with Crippen molar-refractivity contribution in [2.24, 2.45) is 0 Å². The van der Waals surface area contributed by atoms with E-state index in [2.05, 4.69) is 10.6 Å². The number of aliphatic hydroxyl groups is 1. The highest BCUT2D eigenvalue weighted by Gasteiger charge is 2.70. The molecule has 2 aliphatic heterocycles. The first kappa shape index (κ1) is 22.0. The largest absolute Gasteiger partial charge is 0.497 e. The molecule has 4 aliphatic rings. The molecule has 9 heteroatoms. The van der Waals surface area contributed by atoms with Crippen LogP contribution < -0.4 is 15.4 Å². The van der Waals surface area contributed by atoms with Crippen LogP contribution in [0.2, 0.25) is 0 Å². The molecule has 1 spiro atoms. The minimum atomic E-state index is -1.28. The fraction of sp³-hybridized carbons (Fsp3) is 0.625. The Morgan fingerprint density at radius 3 is 2.61 bits per heavy atom. The van der Waals surface area contributed by atoms with Crippen molar-refractivity contribution in [1.29, 1.82) is 0 Å². The minimum Gasteiger partial charge on any atom is -0.497 e. The van der Waals surface area contributed by atoms with Gasteiger partial charge in [0, 0.05) is 12.0 Å². The van der Waals surface area contributed by atoms with Crippen LogP contribution in [-0.4, -0.2) is 64.5 Å². The van der Waals surface area contributed by atoms with E-state index in [1.165, 1.54) is 0 Å². The molecule has 178 valence electrons. The van der Waals surface area contributed by atoms with E-state index in [9.17, 15) is 19.5 Å². The van der Waals surface area contributed by atoms with Gasteiger partial charge < -0.3 is 24.8 Å². The Kier molecular flexibility index (Phi) is 4.57. The lowest BCUT2D eigenvalue weighted by Crippen LogP contribution is -2.76. The molecular weight excluding hydrogens is 426 g/mol. The second kappa shape index (κ2) is 6.85. The molecule has 4 amide bonds. The molecule has 1 saturated carbocycles.